The number of nitrogens with one attached hydrogen (secondary N) is 1. The van der Waals surface area contributed by atoms with Crippen molar-refractivity contribution in [2.24, 2.45) is 7.05 Å². The van der Waals surface area contributed by atoms with Crippen molar-refractivity contribution >= 4 is 6.03 Å². The number of carbonyl (C=O) groups excluding carboxylic acids is 1. The summed E-state index contributed by atoms with van der Waals surface area (Å²) in [6.07, 6.45) is 4.96. The third-order valence-corrected chi connectivity index (χ3v) is 5.19. The molecule has 0 unspecified atom stereocenters. The van der Waals surface area contributed by atoms with Crippen molar-refractivity contribution in [3.63, 3.8) is 0 Å². The van der Waals surface area contributed by atoms with Gasteiger partial charge in [0.1, 0.15) is 0 Å². The second-order valence-corrected chi connectivity index (χ2v) is 7.79. The summed E-state index contributed by atoms with van der Waals surface area (Å²) < 4.78 is 1.82. The molecule has 1 aromatic heterocycles. The fourth-order valence-electron chi connectivity index (χ4n) is 3.38. The van der Waals surface area contributed by atoms with E-state index in [-0.39, 0.29) is 11.4 Å². The number of likely N-dealkylation sites (tertiary alicyclic amines) is 1. The van der Waals surface area contributed by atoms with Crippen LogP contribution in [-0.2, 0) is 12.5 Å². The Balaban J connectivity index is 1.55. The van der Waals surface area contributed by atoms with Crippen molar-refractivity contribution < 1.29 is 4.79 Å². The zero-order valence-electron chi connectivity index (χ0n) is 15.6. The molecule has 25 heavy (non-hydrogen) atoms. The van der Waals surface area contributed by atoms with E-state index in [0.29, 0.717) is 12.5 Å². The maximum Gasteiger partial charge on any atom is 0.317 e. The number of amides is 2. The number of carbonyl (C=O) groups is 1. The second kappa shape index (κ2) is 6.90. The van der Waals surface area contributed by atoms with Gasteiger partial charge in [-0.05, 0) is 24.5 Å². The monoisotopic (exact) mass is 340 g/mol. The van der Waals surface area contributed by atoms with Crippen molar-refractivity contribution in [1.29, 1.82) is 0 Å². The molecular weight excluding hydrogens is 312 g/mol. The highest BCUT2D eigenvalue weighted by molar-refractivity contribution is 5.74. The van der Waals surface area contributed by atoms with Gasteiger partial charge in [0.15, 0.2) is 0 Å². The number of rotatable bonds is 4. The Kier molecular flexibility index (Phi) is 4.84. The molecule has 0 aliphatic carbocycles. The first-order valence-electron chi connectivity index (χ1n) is 8.93. The SMILES string of the molecule is Cc1ccc(C(C)(C)CNC(=O)N2CC[C@@H](c3cnn(C)c3)C2)cc1. The lowest BCUT2D eigenvalue weighted by Gasteiger charge is -2.27. The van der Waals surface area contributed by atoms with Gasteiger partial charge in [0.25, 0.3) is 0 Å². The summed E-state index contributed by atoms with van der Waals surface area (Å²) in [6, 6.07) is 8.58. The summed E-state index contributed by atoms with van der Waals surface area (Å²) in [5.41, 5.74) is 3.62. The zero-order valence-corrected chi connectivity index (χ0v) is 15.6. The van der Waals surface area contributed by atoms with E-state index >= 15 is 0 Å². The lowest BCUT2D eigenvalue weighted by Crippen LogP contribution is -2.43. The van der Waals surface area contributed by atoms with Crippen LogP contribution in [0.1, 0.15) is 42.9 Å². The summed E-state index contributed by atoms with van der Waals surface area (Å²) in [7, 11) is 1.93. The van der Waals surface area contributed by atoms with Crippen molar-refractivity contribution in [1.82, 2.24) is 20.0 Å². The normalized spacial score (nSPS) is 17.8. The van der Waals surface area contributed by atoms with E-state index in [9.17, 15) is 4.79 Å². The van der Waals surface area contributed by atoms with Crippen LogP contribution < -0.4 is 5.32 Å². The number of aromatic nitrogens is 2. The molecule has 1 aliphatic heterocycles. The van der Waals surface area contributed by atoms with Gasteiger partial charge in [-0.25, -0.2) is 4.79 Å². The fourth-order valence-corrected chi connectivity index (χ4v) is 3.38. The Morgan fingerprint density at radius 3 is 2.68 bits per heavy atom. The van der Waals surface area contributed by atoms with Crippen LogP contribution >= 0.6 is 0 Å². The van der Waals surface area contributed by atoms with Crippen LogP contribution in [0.4, 0.5) is 4.79 Å². The van der Waals surface area contributed by atoms with Gasteiger partial charge >= 0.3 is 6.03 Å². The molecule has 0 spiro atoms. The Bertz CT molecular complexity index is 732. The van der Waals surface area contributed by atoms with Gasteiger partial charge in [-0.2, -0.15) is 5.10 Å². The van der Waals surface area contributed by atoms with Crippen LogP contribution in [-0.4, -0.2) is 40.3 Å². The van der Waals surface area contributed by atoms with Crippen LogP contribution in [0.15, 0.2) is 36.7 Å². The summed E-state index contributed by atoms with van der Waals surface area (Å²) in [5, 5.41) is 7.36. The summed E-state index contributed by atoms with van der Waals surface area (Å²) >= 11 is 0. The van der Waals surface area contributed by atoms with Gasteiger partial charge in [0.05, 0.1) is 6.20 Å². The maximum atomic E-state index is 12.6. The third kappa shape index (κ3) is 4.03. The Morgan fingerprint density at radius 2 is 2.04 bits per heavy atom. The number of benzene rings is 1. The highest BCUT2D eigenvalue weighted by Crippen LogP contribution is 2.27. The van der Waals surface area contributed by atoms with Crippen LogP contribution in [0.25, 0.3) is 0 Å². The maximum absolute atomic E-state index is 12.6. The molecule has 0 saturated carbocycles. The fraction of sp³-hybridized carbons (Fsp3) is 0.500. The number of hydrogen-bond acceptors (Lipinski definition) is 2. The van der Waals surface area contributed by atoms with Crippen molar-refractivity contribution in [3.8, 4) is 0 Å². The highest BCUT2D eigenvalue weighted by Gasteiger charge is 2.29. The molecular formula is C20H28N4O. The summed E-state index contributed by atoms with van der Waals surface area (Å²) in [5.74, 6) is 0.393. The van der Waals surface area contributed by atoms with Gasteiger partial charge in [-0.15, -0.1) is 0 Å². The first kappa shape index (κ1) is 17.5. The van der Waals surface area contributed by atoms with Crippen molar-refractivity contribution in [2.45, 2.75) is 38.5 Å². The lowest BCUT2D eigenvalue weighted by molar-refractivity contribution is 0.205. The van der Waals surface area contributed by atoms with E-state index < -0.39 is 0 Å². The summed E-state index contributed by atoms with van der Waals surface area (Å²) in [6.45, 7) is 8.62. The highest BCUT2D eigenvalue weighted by atomic mass is 16.2. The Hall–Kier alpha value is -2.30. The first-order valence-corrected chi connectivity index (χ1v) is 8.93. The molecule has 3 rings (SSSR count). The van der Waals surface area contributed by atoms with Crippen LogP contribution in [0, 0.1) is 6.92 Å². The van der Waals surface area contributed by atoms with Crippen LogP contribution in [0.2, 0.25) is 0 Å². The smallest absolute Gasteiger partial charge is 0.317 e. The lowest BCUT2D eigenvalue weighted by atomic mass is 9.84. The van der Waals surface area contributed by atoms with E-state index in [2.05, 4.69) is 55.5 Å². The molecule has 1 saturated heterocycles. The molecule has 1 aromatic carbocycles. The molecule has 1 N–H and O–H groups in total. The number of urea groups is 1. The van der Waals surface area contributed by atoms with E-state index in [1.807, 2.05) is 29.0 Å². The first-order chi connectivity index (χ1) is 11.8. The molecule has 134 valence electrons. The summed E-state index contributed by atoms with van der Waals surface area (Å²) in [4.78, 5) is 14.5. The number of nitrogens with zero attached hydrogens (tertiary/aromatic N) is 3. The van der Waals surface area contributed by atoms with Gasteiger partial charge < -0.3 is 10.2 Å². The van der Waals surface area contributed by atoms with Crippen LogP contribution in [0.3, 0.4) is 0 Å². The molecule has 2 heterocycles. The number of aryl methyl sites for hydroxylation is 2. The van der Waals surface area contributed by atoms with Gasteiger partial charge in [0, 0.05) is 44.2 Å². The molecule has 0 bridgehead atoms. The Morgan fingerprint density at radius 1 is 1.32 bits per heavy atom. The van der Waals surface area contributed by atoms with E-state index in [4.69, 9.17) is 0 Å². The largest absolute Gasteiger partial charge is 0.337 e. The van der Waals surface area contributed by atoms with E-state index in [0.717, 1.165) is 19.5 Å². The third-order valence-electron chi connectivity index (χ3n) is 5.19. The minimum atomic E-state index is -0.0914. The predicted molar refractivity (Wildman–Crippen MR) is 99.7 cm³/mol. The molecule has 1 atom stereocenters. The van der Waals surface area contributed by atoms with Gasteiger partial charge in [-0.3, -0.25) is 4.68 Å². The van der Waals surface area contributed by atoms with Gasteiger partial charge in [-0.1, -0.05) is 43.7 Å². The van der Waals surface area contributed by atoms with E-state index in [1.54, 1.807) is 0 Å². The molecule has 5 nitrogen and oxygen atoms in total. The van der Waals surface area contributed by atoms with Crippen molar-refractivity contribution in [2.75, 3.05) is 19.6 Å². The molecule has 2 amide bonds. The van der Waals surface area contributed by atoms with Crippen LogP contribution in [0.5, 0.6) is 0 Å². The molecule has 0 radical (unpaired) electrons. The zero-order chi connectivity index (χ0) is 18.0. The average molecular weight is 340 g/mol. The van der Waals surface area contributed by atoms with E-state index in [1.165, 1.54) is 16.7 Å². The standard InChI is InChI=1S/C20H28N4O/c1-15-5-7-18(8-6-15)20(2,3)14-21-19(25)24-10-9-16(13-24)17-11-22-23(4)12-17/h5-8,11-12,16H,9-10,13-14H2,1-4H3,(H,21,25)/t16-/m1/s1. The quantitative estimate of drug-likeness (QED) is 0.929. The molecule has 5 heteroatoms. The minimum absolute atomic E-state index is 0.0339. The molecule has 1 fully saturated rings. The predicted octanol–water partition coefficient (Wildman–Crippen LogP) is 3.21. The second-order valence-electron chi connectivity index (χ2n) is 7.79. The number of hydrogen-bond donors (Lipinski definition) is 1. The topological polar surface area (TPSA) is 50.2 Å². The van der Waals surface area contributed by atoms with Crippen molar-refractivity contribution in [3.05, 3.63) is 53.3 Å². The minimum Gasteiger partial charge on any atom is -0.337 e. The molecule has 2 aromatic rings. The van der Waals surface area contributed by atoms with Gasteiger partial charge in [0.2, 0.25) is 0 Å². The average Bonchev–Trinajstić information content (AvgIpc) is 3.22. The molecule has 1 aliphatic rings. The Labute approximate surface area is 150 Å².